The fraction of sp³-hybridized carbons (Fsp3) is 0.263. The third-order valence-corrected chi connectivity index (χ3v) is 3.71. The largest absolute Gasteiger partial charge is 0.496 e. The highest BCUT2D eigenvalue weighted by Gasteiger charge is 2.10. The number of carbonyl (C=O) groups is 2. The zero-order valence-electron chi connectivity index (χ0n) is 14.0. The minimum absolute atomic E-state index is 0.0426. The van der Waals surface area contributed by atoms with E-state index in [0.29, 0.717) is 18.5 Å². The molecule has 2 rings (SSSR count). The zero-order chi connectivity index (χ0) is 17.4. The summed E-state index contributed by atoms with van der Waals surface area (Å²) < 4.78 is 5.27. The minimum Gasteiger partial charge on any atom is -0.496 e. The van der Waals surface area contributed by atoms with E-state index in [1.807, 2.05) is 43.3 Å². The van der Waals surface area contributed by atoms with Crippen LogP contribution in [0, 0.1) is 6.92 Å². The third kappa shape index (κ3) is 4.84. The molecule has 0 unspecified atom stereocenters. The van der Waals surface area contributed by atoms with E-state index in [4.69, 9.17) is 4.74 Å². The second-order valence-electron chi connectivity index (χ2n) is 5.41. The van der Waals surface area contributed by atoms with E-state index in [0.717, 1.165) is 16.9 Å². The number of nitrogens with one attached hydrogen (secondary N) is 2. The number of carbonyl (C=O) groups excluding carboxylic acids is 2. The third-order valence-electron chi connectivity index (χ3n) is 3.71. The number of methoxy groups -OCH3 is 1. The molecule has 0 saturated carbocycles. The van der Waals surface area contributed by atoms with Gasteiger partial charge in [-0.05, 0) is 36.6 Å². The fourth-order valence-electron chi connectivity index (χ4n) is 2.39. The Morgan fingerprint density at radius 1 is 1.00 bits per heavy atom. The summed E-state index contributed by atoms with van der Waals surface area (Å²) in [5.41, 5.74) is 2.50. The van der Waals surface area contributed by atoms with Gasteiger partial charge in [0.2, 0.25) is 5.91 Å². The number of hydrogen-bond acceptors (Lipinski definition) is 3. The van der Waals surface area contributed by atoms with Crippen molar-refractivity contribution in [1.82, 2.24) is 10.6 Å². The molecule has 5 nitrogen and oxygen atoms in total. The lowest BCUT2D eigenvalue weighted by atomic mass is 10.1. The quantitative estimate of drug-likeness (QED) is 0.819. The summed E-state index contributed by atoms with van der Waals surface area (Å²) in [6.45, 7) is 2.31. The molecule has 0 heterocycles. The van der Waals surface area contributed by atoms with Gasteiger partial charge in [0.1, 0.15) is 5.75 Å². The van der Waals surface area contributed by atoms with Gasteiger partial charge in [-0.1, -0.05) is 36.4 Å². The van der Waals surface area contributed by atoms with Crippen molar-refractivity contribution in [3.63, 3.8) is 0 Å². The smallest absolute Gasteiger partial charge is 0.251 e. The maximum Gasteiger partial charge on any atom is 0.251 e. The van der Waals surface area contributed by atoms with Crippen LogP contribution in [-0.2, 0) is 11.2 Å². The van der Waals surface area contributed by atoms with Crippen LogP contribution in [0.15, 0.2) is 48.5 Å². The standard InChI is InChI=1S/C19H22N2O3/c1-14-7-3-5-9-16(14)19(23)21-13-18(22)20-12-11-15-8-4-6-10-17(15)24-2/h3-10H,11-13H2,1-2H3,(H,20,22)(H,21,23). The van der Waals surface area contributed by atoms with Gasteiger partial charge in [-0.15, -0.1) is 0 Å². The van der Waals surface area contributed by atoms with Crippen LogP contribution in [0.5, 0.6) is 5.75 Å². The van der Waals surface area contributed by atoms with Crippen LogP contribution < -0.4 is 15.4 Å². The molecule has 0 aromatic heterocycles. The molecule has 126 valence electrons. The van der Waals surface area contributed by atoms with Gasteiger partial charge in [0.05, 0.1) is 13.7 Å². The van der Waals surface area contributed by atoms with Crippen LogP contribution >= 0.6 is 0 Å². The molecule has 5 heteroatoms. The SMILES string of the molecule is COc1ccccc1CCNC(=O)CNC(=O)c1ccccc1C. The molecule has 0 radical (unpaired) electrons. The molecule has 0 aliphatic heterocycles. The highest BCUT2D eigenvalue weighted by atomic mass is 16.5. The predicted molar refractivity (Wildman–Crippen MR) is 93.2 cm³/mol. The van der Waals surface area contributed by atoms with E-state index < -0.39 is 0 Å². The molecule has 0 saturated heterocycles. The molecular weight excluding hydrogens is 304 g/mol. The zero-order valence-corrected chi connectivity index (χ0v) is 14.0. The van der Waals surface area contributed by atoms with Crippen molar-refractivity contribution in [2.75, 3.05) is 20.2 Å². The Morgan fingerprint density at radius 2 is 1.71 bits per heavy atom. The Kier molecular flexibility index (Phi) is 6.37. The second-order valence-corrected chi connectivity index (χ2v) is 5.41. The first-order valence-electron chi connectivity index (χ1n) is 7.84. The molecule has 0 atom stereocenters. The molecule has 2 aromatic carbocycles. The van der Waals surface area contributed by atoms with Crippen molar-refractivity contribution in [3.8, 4) is 5.75 Å². The Bertz CT molecular complexity index is 713. The van der Waals surface area contributed by atoms with Crippen LogP contribution in [0.4, 0.5) is 0 Å². The fourth-order valence-corrected chi connectivity index (χ4v) is 2.39. The first kappa shape index (κ1) is 17.5. The topological polar surface area (TPSA) is 67.4 Å². The van der Waals surface area contributed by atoms with Gasteiger partial charge in [-0.25, -0.2) is 0 Å². The van der Waals surface area contributed by atoms with Crippen molar-refractivity contribution in [2.24, 2.45) is 0 Å². The number of hydrogen-bond donors (Lipinski definition) is 2. The predicted octanol–water partition coefficient (Wildman–Crippen LogP) is 2.09. The summed E-state index contributed by atoms with van der Waals surface area (Å²) in [5, 5.41) is 5.43. The molecule has 0 bridgehead atoms. The van der Waals surface area contributed by atoms with Crippen molar-refractivity contribution >= 4 is 11.8 Å². The maximum absolute atomic E-state index is 12.0. The maximum atomic E-state index is 12.0. The van der Waals surface area contributed by atoms with Crippen LogP contribution in [0.3, 0.4) is 0 Å². The summed E-state index contributed by atoms with van der Waals surface area (Å²) >= 11 is 0. The Morgan fingerprint density at radius 3 is 2.46 bits per heavy atom. The van der Waals surface area contributed by atoms with E-state index in [2.05, 4.69) is 10.6 Å². The number of benzene rings is 2. The minimum atomic E-state index is -0.243. The van der Waals surface area contributed by atoms with Crippen molar-refractivity contribution in [2.45, 2.75) is 13.3 Å². The monoisotopic (exact) mass is 326 g/mol. The summed E-state index contributed by atoms with van der Waals surface area (Å²) in [5.74, 6) is 0.347. The average molecular weight is 326 g/mol. The van der Waals surface area contributed by atoms with Crippen molar-refractivity contribution in [1.29, 1.82) is 0 Å². The summed E-state index contributed by atoms with van der Waals surface area (Å²) in [6, 6.07) is 15.0. The van der Waals surface area contributed by atoms with Gasteiger partial charge in [0, 0.05) is 12.1 Å². The summed E-state index contributed by atoms with van der Waals surface area (Å²) in [6.07, 6.45) is 0.668. The van der Waals surface area contributed by atoms with E-state index in [1.54, 1.807) is 19.2 Å². The average Bonchev–Trinajstić information content (AvgIpc) is 2.60. The lowest BCUT2D eigenvalue weighted by molar-refractivity contribution is -0.120. The first-order valence-corrected chi connectivity index (χ1v) is 7.84. The Balaban J connectivity index is 1.76. The van der Waals surface area contributed by atoms with Crippen LogP contribution in [0.1, 0.15) is 21.5 Å². The number of aryl methyl sites for hydroxylation is 1. The number of ether oxygens (including phenoxy) is 1. The molecule has 2 amide bonds. The number of rotatable bonds is 7. The van der Waals surface area contributed by atoms with E-state index in [-0.39, 0.29) is 18.4 Å². The van der Waals surface area contributed by atoms with Crippen molar-refractivity contribution in [3.05, 3.63) is 65.2 Å². The molecular formula is C19H22N2O3. The molecule has 2 N–H and O–H groups in total. The summed E-state index contributed by atoms with van der Waals surface area (Å²) in [7, 11) is 1.62. The van der Waals surface area contributed by atoms with Gasteiger partial charge in [0.25, 0.3) is 5.91 Å². The van der Waals surface area contributed by atoms with Gasteiger partial charge in [-0.2, -0.15) is 0 Å². The second kappa shape index (κ2) is 8.72. The summed E-state index contributed by atoms with van der Waals surface area (Å²) in [4.78, 5) is 23.9. The van der Waals surface area contributed by atoms with Crippen LogP contribution in [-0.4, -0.2) is 32.0 Å². The van der Waals surface area contributed by atoms with E-state index >= 15 is 0 Å². The normalized spacial score (nSPS) is 10.1. The molecule has 24 heavy (non-hydrogen) atoms. The van der Waals surface area contributed by atoms with Gasteiger partial charge < -0.3 is 15.4 Å². The number of amides is 2. The van der Waals surface area contributed by atoms with Gasteiger partial charge >= 0.3 is 0 Å². The lowest BCUT2D eigenvalue weighted by Crippen LogP contribution is -2.37. The van der Waals surface area contributed by atoms with E-state index in [9.17, 15) is 9.59 Å². The molecule has 0 aliphatic rings. The Hall–Kier alpha value is -2.82. The van der Waals surface area contributed by atoms with Gasteiger partial charge in [0.15, 0.2) is 0 Å². The van der Waals surface area contributed by atoms with Gasteiger partial charge in [-0.3, -0.25) is 9.59 Å². The number of para-hydroxylation sites is 1. The molecule has 2 aromatic rings. The lowest BCUT2D eigenvalue weighted by Gasteiger charge is -2.10. The molecule has 0 spiro atoms. The first-order chi connectivity index (χ1) is 11.6. The molecule has 0 aliphatic carbocycles. The highest BCUT2D eigenvalue weighted by molar-refractivity contribution is 5.97. The van der Waals surface area contributed by atoms with Crippen LogP contribution in [0.25, 0.3) is 0 Å². The highest BCUT2D eigenvalue weighted by Crippen LogP contribution is 2.17. The van der Waals surface area contributed by atoms with Crippen molar-refractivity contribution < 1.29 is 14.3 Å². The molecule has 0 fully saturated rings. The Labute approximate surface area is 142 Å². The van der Waals surface area contributed by atoms with Crippen LogP contribution in [0.2, 0.25) is 0 Å². The van der Waals surface area contributed by atoms with E-state index in [1.165, 1.54) is 0 Å².